The fourth-order valence-corrected chi connectivity index (χ4v) is 2.86. The van der Waals surface area contributed by atoms with E-state index in [1.54, 1.807) is 12.1 Å². The van der Waals surface area contributed by atoms with Crippen LogP contribution in [-0.4, -0.2) is 40.3 Å². The Balaban J connectivity index is 1.55. The lowest BCUT2D eigenvalue weighted by Gasteiger charge is -2.16. The number of ether oxygens (including phenoxy) is 2. The van der Waals surface area contributed by atoms with Gasteiger partial charge in [0.25, 0.3) is 0 Å². The fourth-order valence-electron chi connectivity index (χ4n) is 2.69. The first kappa shape index (κ1) is 15.8. The van der Waals surface area contributed by atoms with Crippen LogP contribution in [-0.2, 0) is 9.53 Å². The van der Waals surface area contributed by atoms with E-state index >= 15 is 0 Å². The van der Waals surface area contributed by atoms with E-state index in [1.807, 2.05) is 0 Å². The van der Waals surface area contributed by atoms with E-state index in [1.165, 1.54) is 12.3 Å². The summed E-state index contributed by atoms with van der Waals surface area (Å²) in [4.78, 5) is 38.8. The number of carbonyl (C=O) groups is 2. The van der Waals surface area contributed by atoms with Crippen molar-refractivity contribution < 1.29 is 24.2 Å². The number of H-pyrrole nitrogens is 1. The molecule has 0 bridgehead atoms. The molecule has 3 unspecified atom stereocenters. The van der Waals surface area contributed by atoms with Gasteiger partial charge in [0.15, 0.2) is 11.5 Å². The number of rotatable bonds is 2. The number of amides is 1. The van der Waals surface area contributed by atoms with Crippen LogP contribution in [0.2, 0.25) is 5.02 Å². The lowest BCUT2D eigenvalue weighted by atomic mass is 10.0. The number of hydrogen-bond donors (Lipinski definition) is 3. The number of benzene rings is 1. The van der Waals surface area contributed by atoms with Crippen LogP contribution in [0.1, 0.15) is 0 Å². The molecule has 1 amide bonds. The van der Waals surface area contributed by atoms with Gasteiger partial charge in [-0.1, -0.05) is 11.6 Å². The minimum absolute atomic E-state index is 0.0333. The highest BCUT2D eigenvalue weighted by Crippen LogP contribution is 2.33. The maximum Gasteiger partial charge on any atom is 0.417 e. The summed E-state index contributed by atoms with van der Waals surface area (Å²) in [6, 6.07) is 4.70. The molecule has 1 fully saturated rings. The smallest absolute Gasteiger partial charge is 0.404 e. The fraction of sp³-hybridized carbons (Fsp3) is 0.188. The molecule has 2 aliphatic rings. The van der Waals surface area contributed by atoms with Gasteiger partial charge in [-0.15, -0.1) is 0 Å². The minimum atomic E-state index is -1.14. The zero-order valence-corrected chi connectivity index (χ0v) is 13.2. The van der Waals surface area contributed by atoms with Gasteiger partial charge in [0.1, 0.15) is 18.3 Å². The van der Waals surface area contributed by atoms with Crippen molar-refractivity contribution in [2.75, 3.05) is 0 Å². The van der Waals surface area contributed by atoms with Crippen molar-refractivity contribution >= 4 is 34.4 Å². The van der Waals surface area contributed by atoms with Crippen molar-refractivity contribution in [3.63, 3.8) is 0 Å². The van der Waals surface area contributed by atoms with Crippen LogP contribution in [0.3, 0.4) is 0 Å². The van der Waals surface area contributed by atoms with E-state index < -0.39 is 29.8 Å². The number of ketones is 1. The Hall–Kier alpha value is -2.68. The Bertz CT molecular complexity index is 998. The summed E-state index contributed by atoms with van der Waals surface area (Å²) in [5.74, 6) is -0.589. The molecule has 0 saturated carbocycles. The topological polar surface area (TPSA) is 121 Å². The molecular formula is C16H11ClN2O6. The van der Waals surface area contributed by atoms with Gasteiger partial charge in [0.05, 0.1) is 11.1 Å². The third kappa shape index (κ3) is 2.80. The largest absolute Gasteiger partial charge is 0.417 e. The Morgan fingerprint density at radius 3 is 2.96 bits per heavy atom. The monoisotopic (exact) mass is 362 g/mol. The second-order valence-electron chi connectivity index (χ2n) is 5.65. The van der Waals surface area contributed by atoms with E-state index in [0.29, 0.717) is 10.5 Å². The number of aromatic amines is 1. The van der Waals surface area contributed by atoms with Crippen molar-refractivity contribution in [1.82, 2.24) is 10.3 Å². The highest BCUT2D eigenvalue weighted by Gasteiger charge is 2.53. The highest BCUT2D eigenvalue weighted by atomic mass is 35.5. The Kier molecular flexibility index (Phi) is 3.60. The van der Waals surface area contributed by atoms with Crippen molar-refractivity contribution in [2.24, 2.45) is 0 Å². The molecule has 3 N–H and O–H groups in total. The average molecular weight is 363 g/mol. The second kappa shape index (κ2) is 5.69. The molecule has 8 nitrogen and oxygen atoms in total. The van der Waals surface area contributed by atoms with E-state index in [4.69, 9.17) is 21.1 Å². The molecule has 1 aromatic carbocycles. The van der Waals surface area contributed by atoms with E-state index in [0.717, 1.165) is 6.08 Å². The van der Waals surface area contributed by atoms with Gasteiger partial charge in [-0.25, -0.2) is 4.79 Å². The molecule has 1 saturated heterocycles. The molecular weight excluding hydrogens is 352 g/mol. The van der Waals surface area contributed by atoms with Gasteiger partial charge in [-0.2, -0.15) is 0 Å². The molecule has 128 valence electrons. The third-order valence-corrected chi connectivity index (χ3v) is 4.23. The van der Waals surface area contributed by atoms with Gasteiger partial charge in [0.2, 0.25) is 5.43 Å². The summed E-state index contributed by atoms with van der Waals surface area (Å²) in [5.41, 5.74) is -0.0182. The van der Waals surface area contributed by atoms with Crippen molar-refractivity contribution in [3.8, 4) is 5.75 Å². The third-order valence-electron chi connectivity index (χ3n) is 3.99. The number of hydrogen-bond acceptors (Lipinski definition) is 6. The number of epoxide rings is 1. The maximum absolute atomic E-state index is 12.4. The molecule has 0 spiro atoms. The van der Waals surface area contributed by atoms with Crippen LogP contribution >= 0.6 is 11.6 Å². The molecule has 1 aliphatic heterocycles. The van der Waals surface area contributed by atoms with Crippen LogP contribution in [0.4, 0.5) is 4.79 Å². The first-order valence-electron chi connectivity index (χ1n) is 7.33. The Morgan fingerprint density at radius 2 is 2.16 bits per heavy atom. The zero-order valence-electron chi connectivity index (χ0n) is 12.5. The summed E-state index contributed by atoms with van der Waals surface area (Å²) < 4.78 is 9.99. The van der Waals surface area contributed by atoms with Crippen LogP contribution < -0.4 is 15.5 Å². The summed E-state index contributed by atoms with van der Waals surface area (Å²) >= 11 is 5.87. The molecule has 1 aromatic heterocycles. The van der Waals surface area contributed by atoms with Crippen LogP contribution in [0.15, 0.2) is 41.0 Å². The number of aliphatic hydroxyl groups excluding tert-OH is 1. The van der Waals surface area contributed by atoms with Crippen LogP contribution in [0.5, 0.6) is 5.75 Å². The second-order valence-corrected chi connectivity index (χ2v) is 6.09. The van der Waals surface area contributed by atoms with Crippen LogP contribution in [0, 0.1) is 0 Å². The number of fused-ring (bicyclic) bond motifs is 2. The molecule has 2 aromatic rings. The highest BCUT2D eigenvalue weighted by molar-refractivity contribution is 6.31. The summed E-state index contributed by atoms with van der Waals surface area (Å²) in [7, 11) is 0. The van der Waals surface area contributed by atoms with E-state index in [9.17, 15) is 19.5 Å². The molecule has 1 aliphatic carbocycles. The van der Waals surface area contributed by atoms with Gasteiger partial charge in [-0.3, -0.25) is 14.9 Å². The molecule has 3 atom stereocenters. The average Bonchev–Trinajstić information content (AvgIpc) is 3.37. The number of nitrogens with one attached hydrogen (secondary N) is 2. The maximum atomic E-state index is 12.4. The normalized spacial score (nSPS) is 24.5. The Labute approximate surface area is 145 Å². The summed E-state index contributed by atoms with van der Waals surface area (Å²) in [6.45, 7) is 0. The predicted molar refractivity (Wildman–Crippen MR) is 86.5 cm³/mol. The van der Waals surface area contributed by atoms with Gasteiger partial charge >= 0.3 is 6.09 Å². The summed E-state index contributed by atoms with van der Waals surface area (Å²) in [5, 5.41) is 12.8. The van der Waals surface area contributed by atoms with E-state index in [-0.39, 0.29) is 22.6 Å². The number of pyridine rings is 1. The van der Waals surface area contributed by atoms with Gasteiger partial charge < -0.3 is 19.6 Å². The van der Waals surface area contributed by atoms with Gasteiger partial charge in [-0.05, 0) is 18.2 Å². The lowest BCUT2D eigenvalue weighted by molar-refractivity contribution is -0.116. The zero-order chi connectivity index (χ0) is 17.7. The van der Waals surface area contributed by atoms with Crippen molar-refractivity contribution in [2.45, 2.75) is 18.3 Å². The quantitative estimate of drug-likeness (QED) is 0.681. The molecule has 2 heterocycles. The predicted octanol–water partition coefficient (Wildman–Crippen LogP) is 0.865. The number of carbonyl (C=O) groups excluding carboxylic acids is 2. The summed E-state index contributed by atoms with van der Waals surface area (Å²) in [6.07, 6.45) is -1.11. The van der Waals surface area contributed by atoms with Crippen molar-refractivity contribution in [3.05, 3.63) is 51.4 Å². The first-order valence-corrected chi connectivity index (χ1v) is 7.70. The molecule has 0 radical (unpaired) electrons. The molecule has 4 rings (SSSR count). The SMILES string of the molecule is O=C(NC1=CC(=O)C2OC2C1O)Oc1c[nH]c2ccc(Cl)cc2c1=O. The number of aliphatic hydroxyl groups is 1. The minimum Gasteiger partial charge on any atom is -0.404 e. The Morgan fingerprint density at radius 1 is 1.36 bits per heavy atom. The van der Waals surface area contributed by atoms with Crippen LogP contribution in [0.25, 0.3) is 10.9 Å². The standard InChI is InChI=1S/C16H11ClN2O6/c17-6-1-2-8-7(3-6)12(21)11(5-18-8)24-16(23)19-9-4-10(20)14-15(25-14)13(9)22/h1-5,13-15,22H,(H,18,21)(H,19,23). The molecule has 9 heteroatoms. The first-order chi connectivity index (χ1) is 11.9. The number of halogens is 1. The lowest BCUT2D eigenvalue weighted by Crippen LogP contribution is -2.39. The van der Waals surface area contributed by atoms with Gasteiger partial charge in [0, 0.05) is 22.8 Å². The molecule has 25 heavy (non-hydrogen) atoms. The number of aromatic nitrogens is 1. The van der Waals surface area contributed by atoms with Crippen molar-refractivity contribution in [1.29, 1.82) is 0 Å². The van der Waals surface area contributed by atoms with E-state index in [2.05, 4.69) is 10.3 Å².